The largest absolute Gasteiger partial charge is 0.130 e. The maximum atomic E-state index is 2.49. The van der Waals surface area contributed by atoms with Crippen LogP contribution in [0.1, 0.15) is 39.0 Å². The van der Waals surface area contributed by atoms with Crippen molar-refractivity contribution in [3.05, 3.63) is 11.5 Å². The summed E-state index contributed by atoms with van der Waals surface area (Å²) < 4.78 is 0. The van der Waals surface area contributed by atoms with Gasteiger partial charge < -0.3 is 0 Å². The van der Waals surface area contributed by atoms with Gasteiger partial charge in [0, 0.05) is 5.25 Å². The van der Waals surface area contributed by atoms with E-state index in [1.165, 1.54) is 32.1 Å². The lowest BCUT2D eigenvalue weighted by atomic mass is 9.63. The summed E-state index contributed by atoms with van der Waals surface area (Å²) in [6.07, 6.45) is 10.1. The van der Waals surface area contributed by atoms with Gasteiger partial charge in [0.1, 0.15) is 0 Å². The molecular weight excluding hydrogens is 188 g/mol. The zero-order chi connectivity index (χ0) is 9.54. The first kappa shape index (κ1) is 9.33. The molecule has 78 valence electrons. The van der Waals surface area contributed by atoms with Gasteiger partial charge in [-0.15, -0.1) is 11.8 Å². The lowest BCUT2D eigenvalue weighted by molar-refractivity contribution is 0.116. The molecule has 2 fully saturated rings. The fourth-order valence-electron chi connectivity index (χ4n) is 3.92. The summed E-state index contributed by atoms with van der Waals surface area (Å²) in [5.41, 5.74) is 0. The molecule has 0 aromatic rings. The number of hydrogen-bond acceptors (Lipinski definition) is 1. The Balaban J connectivity index is 1.82. The third-order valence-electron chi connectivity index (χ3n) is 4.64. The quantitative estimate of drug-likeness (QED) is 0.578. The Hall–Kier alpha value is 0.0900. The highest BCUT2D eigenvalue weighted by atomic mass is 32.2. The summed E-state index contributed by atoms with van der Waals surface area (Å²) in [7, 11) is 0. The molecule has 3 aliphatic rings. The number of rotatable bonds is 0. The van der Waals surface area contributed by atoms with Crippen molar-refractivity contribution in [2.75, 3.05) is 0 Å². The molecular formula is C13H20S. The highest BCUT2D eigenvalue weighted by Crippen LogP contribution is 2.52. The van der Waals surface area contributed by atoms with Crippen LogP contribution in [-0.4, -0.2) is 5.25 Å². The van der Waals surface area contributed by atoms with Crippen LogP contribution in [0.5, 0.6) is 0 Å². The molecule has 2 aliphatic carbocycles. The van der Waals surface area contributed by atoms with Crippen LogP contribution >= 0.6 is 11.8 Å². The summed E-state index contributed by atoms with van der Waals surface area (Å²) in [6.45, 7) is 2.47. The molecule has 2 saturated carbocycles. The molecule has 3 rings (SSSR count). The van der Waals surface area contributed by atoms with Crippen molar-refractivity contribution in [1.82, 2.24) is 0 Å². The summed E-state index contributed by atoms with van der Waals surface area (Å²) in [4.78, 5) is 0. The van der Waals surface area contributed by atoms with Crippen LogP contribution in [0.25, 0.3) is 0 Å². The Morgan fingerprint density at radius 2 is 2.07 bits per heavy atom. The molecule has 0 bridgehead atoms. The summed E-state index contributed by atoms with van der Waals surface area (Å²) in [6, 6.07) is 0. The topological polar surface area (TPSA) is 0 Å². The lowest BCUT2D eigenvalue weighted by Crippen LogP contribution is -2.40. The molecule has 0 nitrogen and oxygen atoms in total. The van der Waals surface area contributed by atoms with Crippen molar-refractivity contribution in [2.45, 2.75) is 44.3 Å². The summed E-state index contributed by atoms with van der Waals surface area (Å²) >= 11 is 2.14. The van der Waals surface area contributed by atoms with E-state index in [9.17, 15) is 0 Å². The summed E-state index contributed by atoms with van der Waals surface area (Å²) in [5.74, 6) is 4.00. The smallest absolute Gasteiger partial charge is 0.0185 e. The average molecular weight is 208 g/mol. The van der Waals surface area contributed by atoms with E-state index in [0.29, 0.717) is 0 Å². The highest BCUT2D eigenvalue weighted by molar-refractivity contribution is 8.03. The first-order chi connectivity index (χ1) is 6.86. The van der Waals surface area contributed by atoms with Gasteiger partial charge in [0.25, 0.3) is 0 Å². The van der Waals surface area contributed by atoms with Gasteiger partial charge in [-0.2, -0.15) is 0 Å². The Labute approximate surface area is 91.5 Å². The molecule has 5 atom stereocenters. The fraction of sp³-hybridized carbons (Fsp3) is 0.846. The molecule has 0 N–H and O–H groups in total. The van der Waals surface area contributed by atoms with Gasteiger partial charge in [-0.25, -0.2) is 0 Å². The van der Waals surface area contributed by atoms with Gasteiger partial charge in [-0.1, -0.05) is 32.3 Å². The van der Waals surface area contributed by atoms with Gasteiger partial charge in [0.05, 0.1) is 0 Å². The minimum Gasteiger partial charge on any atom is -0.130 e. The molecule has 0 spiro atoms. The van der Waals surface area contributed by atoms with E-state index in [1.807, 2.05) is 0 Å². The van der Waals surface area contributed by atoms with Gasteiger partial charge in [0.2, 0.25) is 0 Å². The SMILES string of the molecule is CC1CC2CCCCC2C2SC=CC12. The van der Waals surface area contributed by atoms with Crippen LogP contribution in [0.4, 0.5) is 0 Å². The lowest BCUT2D eigenvalue weighted by Gasteiger charge is -2.45. The number of fused-ring (bicyclic) bond motifs is 3. The van der Waals surface area contributed by atoms with E-state index in [4.69, 9.17) is 0 Å². The van der Waals surface area contributed by atoms with E-state index >= 15 is 0 Å². The Morgan fingerprint density at radius 1 is 1.21 bits per heavy atom. The predicted octanol–water partition coefficient (Wildman–Crippen LogP) is 4.08. The van der Waals surface area contributed by atoms with Gasteiger partial charge in [-0.05, 0) is 41.9 Å². The molecule has 0 amide bonds. The normalized spacial score (nSPS) is 51.4. The maximum absolute atomic E-state index is 2.49. The van der Waals surface area contributed by atoms with Crippen LogP contribution in [0, 0.1) is 23.7 Å². The third-order valence-corrected chi connectivity index (χ3v) is 5.93. The Kier molecular flexibility index (Phi) is 2.39. The predicted molar refractivity (Wildman–Crippen MR) is 63.2 cm³/mol. The minimum absolute atomic E-state index is 0.916. The van der Waals surface area contributed by atoms with E-state index in [0.717, 1.165) is 28.9 Å². The van der Waals surface area contributed by atoms with Crippen molar-refractivity contribution in [1.29, 1.82) is 0 Å². The zero-order valence-electron chi connectivity index (χ0n) is 8.99. The minimum atomic E-state index is 0.916. The first-order valence-electron chi connectivity index (χ1n) is 6.18. The van der Waals surface area contributed by atoms with E-state index in [2.05, 4.69) is 30.2 Å². The zero-order valence-corrected chi connectivity index (χ0v) is 9.80. The van der Waals surface area contributed by atoms with Crippen molar-refractivity contribution in [3.63, 3.8) is 0 Å². The maximum Gasteiger partial charge on any atom is 0.0185 e. The molecule has 0 aromatic heterocycles. The van der Waals surface area contributed by atoms with Crippen LogP contribution < -0.4 is 0 Å². The second-order valence-corrected chi connectivity index (χ2v) is 6.52. The first-order valence-corrected chi connectivity index (χ1v) is 7.12. The van der Waals surface area contributed by atoms with Crippen molar-refractivity contribution < 1.29 is 0 Å². The van der Waals surface area contributed by atoms with Crippen LogP contribution in [0.15, 0.2) is 11.5 Å². The second kappa shape index (κ2) is 3.59. The molecule has 1 heteroatoms. The van der Waals surface area contributed by atoms with Crippen molar-refractivity contribution >= 4 is 11.8 Å². The molecule has 0 aromatic carbocycles. The van der Waals surface area contributed by atoms with Crippen LogP contribution in [0.3, 0.4) is 0 Å². The third kappa shape index (κ3) is 1.36. The van der Waals surface area contributed by atoms with Gasteiger partial charge >= 0.3 is 0 Å². The second-order valence-electron chi connectivity index (χ2n) is 5.43. The Morgan fingerprint density at radius 3 is 3.00 bits per heavy atom. The number of thioether (sulfide) groups is 1. The molecule has 0 saturated heterocycles. The summed E-state index contributed by atoms with van der Waals surface area (Å²) in [5, 5.41) is 3.34. The monoisotopic (exact) mass is 208 g/mol. The van der Waals surface area contributed by atoms with E-state index < -0.39 is 0 Å². The van der Waals surface area contributed by atoms with Gasteiger partial charge in [-0.3, -0.25) is 0 Å². The van der Waals surface area contributed by atoms with Crippen molar-refractivity contribution in [2.24, 2.45) is 23.7 Å². The highest BCUT2D eigenvalue weighted by Gasteiger charge is 2.44. The van der Waals surface area contributed by atoms with Gasteiger partial charge in [0.15, 0.2) is 0 Å². The van der Waals surface area contributed by atoms with E-state index in [1.54, 1.807) is 0 Å². The Bertz CT molecular complexity index is 246. The standard InChI is InChI=1S/C13H20S/c1-9-8-10-4-2-3-5-12(10)13-11(9)6-7-14-13/h6-7,9-13H,2-5,8H2,1H3. The fourth-order valence-corrected chi connectivity index (χ4v) is 5.48. The molecule has 5 unspecified atom stereocenters. The molecule has 1 aliphatic heterocycles. The number of hydrogen-bond donors (Lipinski definition) is 0. The van der Waals surface area contributed by atoms with E-state index in [-0.39, 0.29) is 0 Å². The molecule has 14 heavy (non-hydrogen) atoms. The average Bonchev–Trinajstić information content (AvgIpc) is 2.67. The molecule has 1 heterocycles. The van der Waals surface area contributed by atoms with Crippen LogP contribution in [-0.2, 0) is 0 Å². The molecule has 0 radical (unpaired) electrons. The number of allylic oxidation sites excluding steroid dienone is 1. The van der Waals surface area contributed by atoms with Crippen molar-refractivity contribution in [3.8, 4) is 0 Å². The van der Waals surface area contributed by atoms with Crippen LogP contribution in [0.2, 0.25) is 0 Å².